The number of nitrogen functional groups attached to an aromatic ring is 1. The normalized spacial score (nSPS) is 10.6. The summed E-state index contributed by atoms with van der Waals surface area (Å²) in [6, 6.07) is 3.40. The van der Waals surface area contributed by atoms with Gasteiger partial charge in [-0.2, -0.15) is 0 Å². The second kappa shape index (κ2) is 2.98. The lowest BCUT2D eigenvalue weighted by Crippen LogP contribution is -2.11. The van der Waals surface area contributed by atoms with Crippen LogP contribution in [0.5, 0.6) is 0 Å². The Morgan fingerprint density at radius 1 is 1.50 bits per heavy atom. The highest BCUT2D eigenvalue weighted by Gasteiger charge is 2.11. The Morgan fingerprint density at radius 3 is 2.86 bits per heavy atom. The van der Waals surface area contributed by atoms with Gasteiger partial charge in [0.2, 0.25) is 0 Å². The highest BCUT2D eigenvalue weighted by Crippen LogP contribution is 2.22. The summed E-state index contributed by atoms with van der Waals surface area (Å²) in [6.45, 7) is 0. The molecule has 1 amide bonds. The topological polar surface area (TPSA) is 97.8 Å². The van der Waals surface area contributed by atoms with Crippen LogP contribution in [0.3, 0.4) is 0 Å². The quantitative estimate of drug-likeness (QED) is 0.709. The Hall–Kier alpha value is -1.56. The van der Waals surface area contributed by atoms with Crippen molar-refractivity contribution in [3.05, 3.63) is 22.2 Å². The summed E-state index contributed by atoms with van der Waals surface area (Å²) in [7, 11) is 0. The molecule has 5 nitrogen and oxygen atoms in total. The number of halogens is 1. The number of hydrogen-bond donors (Lipinski definition) is 3. The minimum atomic E-state index is -0.525. The van der Waals surface area contributed by atoms with Gasteiger partial charge in [0.25, 0.3) is 5.91 Å². The number of fused-ring (bicyclic) bond motifs is 1. The zero-order valence-corrected chi connectivity index (χ0v) is 8.63. The number of benzene rings is 1. The van der Waals surface area contributed by atoms with Gasteiger partial charge < -0.3 is 16.5 Å². The molecule has 1 aromatic carbocycles. The van der Waals surface area contributed by atoms with E-state index < -0.39 is 5.91 Å². The molecule has 0 unspecified atom stereocenters. The van der Waals surface area contributed by atoms with Crippen LogP contribution in [-0.4, -0.2) is 15.9 Å². The van der Waals surface area contributed by atoms with Crippen molar-refractivity contribution >= 4 is 38.8 Å². The number of aromatic amines is 1. The molecule has 0 spiro atoms. The maximum atomic E-state index is 11.1. The summed E-state index contributed by atoms with van der Waals surface area (Å²) < 4.78 is 0.752. The third-order valence-corrected chi connectivity index (χ3v) is 2.29. The van der Waals surface area contributed by atoms with Gasteiger partial charge >= 0.3 is 0 Å². The standard InChI is InChI=1S/C8H7BrN4O/c9-3-1-4(7(10)14)6-5(2-3)12-8(11)13-6/h1-2H,(H2,10,14)(H3,11,12,13). The van der Waals surface area contributed by atoms with Crippen LogP contribution in [-0.2, 0) is 0 Å². The second-order valence-electron chi connectivity index (χ2n) is 2.84. The number of H-pyrrole nitrogens is 1. The Morgan fingerprint density at radius 2 is 2.21 bits per heavy atom. The van der Waals surface area contributed by atoms with E-state index in [4.69, 9.17) is 11.5 Å². The molecule has 72 valence electrons. The zero-order chi connectivity index (χ0) is 10.3. The molecule has 0 bridgehead atoms. The lowest BCUT2D eigenvalue weighted by molar-refractivity contribution is 0.100. The molecule has 0 radical (unpaired) electrons. The fourth-order valence-electron chi connectivity index (χ4n) is 1.29. The Balaban J connectivity index is 2.85. The van der Waals surface area contributed by atoms with E-state index >= 15 is 0 Å². The second-order valence-corrected chi connectivity index (χ2v) is 3.75. The number of hydrogen-bond acceptors (Lipinski definition) is 3. The van der Waals surface area contributed by atoms with Gasteiger partial charge in [-0.15, -0.1) is 0 Å². The molecule has 2 aromatic rings. The summed E-state index contributed by atoms with van der Waals surface area (Å²) in [5.74, 6) is -0.261. The number of nitrogens with two attached hydrogens (primary N) is 2. The van der Waals surface area contributed by atoms with E-state index in [2.05, 4.69) is 25.9 Å². The van der Waals surface area contributed by atoms with Crippen molar-refractivity contribution in [1.29, 1.82) is 0 Å². The molecule has 14 heavy (non-hydrogen) atoms. The summed E-state index contributed by atoms with van der Waals surface area (Å²) in [6.07, 6.45) is 0. The predicted molar refractivity (Wildman–Crippen MR) is 56.7 cm³/mol. The van der Waals surface area contributed by atoms with E-state index in [1.165, 1.54) is 0 Å². The van der Waals surface area contributed by atoms with Gasteiger partial charge in [0.1, 0.15) is 5.52 Å². The third kappa shape index (κ3) is 1.33. The molecule has 0 saturated carbocycles. The van der Waals surface area contributed by atoms with E-state index in [0.29, 0.717) is 16.6 Å². The van der Waals surface area contributed by atoms with E-state index in [1.54, 1.807) is 12.1 Å². The number of carbonyl (C=O) groups excluding carboxylic acids is 1. The van der Waals surface area contributed by atoms with Gasteiger partial charge in [0.05, 0.1) is 11.1 Å². The molecule has 0 saturated heterocycles. The van der Waals surface area contributed by atoms with Crippen LogP contribution >= 0.6 is 15.9 Å². The average molecular weight is 255 g/mol. The molecular formula is C8H7BrN4O. The van der Waals surface area contributed by atoms with Crippen LogP contribution in [0.4, 0.5) is 5.95 Å². The number of anilines is 1. The first-order chi connectivity index (χ1) is 6.58. The summed E-state index contributed by atoms with van der Waals surface area (Å²) in [5.41, 5.74) is 12.2. The van der Waals surface area contributed by atoms with Crippen molar-refractivity contribution in [3.8, 4) is 0 Å². The monoisotopic (exact) mass is 254 g/mol. The SMILES string of the molecule is NC(=O)c1cc(Br)cc2[nH]c(N)nc12. The van der Waals surface area contributed by atoms with E-state index in [-0.39, 0.29) is 5.95 Å². The van der Waals surface area contributed by atoms with Crippen molar-refractivity contribution in [3.63, 3.8) is 0 Å². The first-order valence-electron chi connectivity index (χ1n) is 3.82. The molecule has 0 aliphatic rings. The molecular weight excluding hydrogens is 248 g/mol. The number of nitrogens with one attached hydrogen (secondary N) is 1. The lowest BCUT2D eigenvalue weighted by Gasteiger charge is -1.97. The highest BCUT2D eigenvalue weighted by atomic mass is 79.9. The van der Waals surface area contributed by atoms with Crippen LogP contribution in [0, 0.1) is 0 Å². The first-order valence-corrected chi connectivity index (χ1v) is 4.62. The molecule has 6 heteroatoms. The van der Waals surface area contributed by atoms with Gasteiger partial charge in [-0.25, -0.2) is 4.98 Å². The van der Waals surface area contributed by atoms with Crippen molar-refractivity contribution in [2.75, 3.05) is 5.73 Å². The average Bonchev–Trinajstić information content (AvgIpc) is 2.42. The molecule has 5 N–H and O–H groups in total. The third-order valence-electron chi connectivity index (χ3n) is 1.84. The number of carbonyl (C=O) groups is 1. The Labute approximate surface area is 87.6 Å². The summed E-state index contributed by atoms with van der Waals surface area (Å²) in [5, 5.41) is 0. The van der Waals surface area contributed by atoms with Gasteiger partial charge in [-0.3, -0.25) is 4.79 Å². The van der Waals surface area contributed by atoms with Crippen LogP contribution in [0.25, 0.3) is 11.0 Å². The van der Waals surface area contributed by atoms with Gasteiger partial charge in [0.15, 0.2) is 5.95 Å². The largest absolute Gasteiger partial charge is 0.369 e. The Bertz CT molecular complexity index is 519. The number of amides is 1. The van der Waals surface area contributed by atoms with E-state index in [0.717, 1.165) is 4.47 Å². The van der Waals surface area contributed by atoms with Crippen LogP contribution in [0.1, 0.15) is 10.4 Å². The molecule has 1 aromatic heterocycles. The maximum absolute atomic E-state index is 11.1. The fraction of sp³-hybridized carbons (Fsp3) is 0. The van der Waals surface area contributed by atoms with Crippen molar-refractivity contribution < 1.29 is 4.79 Å². The van der Waals surface area contributed by atoms with Crippen molar-refractivity contribution in [2.45, 2.75) is 0 Å². The number of rotatable bonds is 1. The van der Waals surface area contributed by atoms with Crippen LogP contribution in [0.15, 0.2) is 16.6 Å². The Kier molecular flexibility index (Phi) is 1.92. The van der Waals surface area contributed by atoms with Crippen molar-refractivity contribution in [1.82, 2.24) is 9.97 Å². The fourth-order valence-corrected chi connectivity index (χ4v) is 1.75. The van der Waals surface area contributed by atoms with Crippen LogP contribution in [0.2, 0.25) is 0 Å². The minimum Gasteiger partial charge on any atom is -0.369 e. The molecule has 2 rings (SSSR count). The van der Waals surface area contributed by atoms with E-state index in [9.17, 15) is 4.79 Å². The van der Waals surface area contributed by atoms with E-state index in [1.807, 2.05) is 0 Å². The van der Waals surface area contributed by atoms with Crippen molar-refractivity contribution in [2.24, 2.45) is 5.73 Å². The first kappa shape index (κ1) is 9.01. The maximum Gasteiger partial charge on any atom is 0.251 e. The van der Waals surface area contributed by atoms with Gasteiger partial charge in [-0.1, -0.05) is 15.9 Å². The molecule has 0 fully saturated rings. The smallest absolute Gasteiger partial charge is 0.251 e. The summed E-state index contributed by atoms with van der Waals surface area (Å²) >= 11 is 3.26. The molecule has 0 atom stereocenters. The van der Waals surface area contributed by atoms with Gasteiger partial charge in [0, 0.05) is 4.47 Å². The predicted octanol–water partition coefficient (Wildman–Crippen LogP) is 1.01. The number of imidazole rings is 1. The molecule has 1 heterocycles. The van der Waals surface area contributed by atoms with Gasteiger partial charge in [-0.05, 0) is 12.1 Å². The summed E-state index contributed by atoms with van der Waals surface area (Å²) in [4.78, 5) is 17.9. The van der Waals surface area contributed by atoms with Crippen LogP contribution < -0.4 is 11.5 Å². The molecule has 0 aliphatic carbocycles. The lowest BCUT2D eigenvalue weighted by atomic mass is 10.2. The number of aromatic nitrogens is 2. The molecule has 0 aliphatic heterocycles. The number of nitrogens with zero attached hydrogens (tertiary/aromatic N) is 1. The minimum absolute atomic E-state index is 0.264. The highest BCUT2D eigenvalue weighted by molar-refractivity contribution is 9.10. The number of primary amides is 1. The zero-order valence-electron chi connectivity index (χ0n) is 7.04.